The van der Waals surface area contributed by atoms with E-state index in [2.05, 4.69) is 25.7 Å². The third-order valence-corrected chi connectivity index (χ3v) is 4.94. The molecule has 6 nitrogen and oxygen atoms in total. The van der Waals surface area contributed by atoms with E-state index in [4.69, 9.17) is 0 Å². The molecule has 1 atom stereocenters. The van der Waals surface area contributed by atoms with Crippen molar-refractivity contribution in [2.45, 2.75) is 25.4 Å². The predicted molar refractivity (Wildman–Crippen MR) is 98.9 cm³/mol. The van der Waals surface area contributed by atoms with Crippen LogP contribution < -0.4 is 10.6 Å². The Balaban J connectivity index is 0.00000225. The molecular weight excluding hydrogens is 365 g/mol. The molecule has 2 aromatic rings. The maximum absolute atomic E-state index is 12.9. The van der Waals surface area contributed by atoms with Crippen molar-refractivity contribution < 1.29 is 9.18 Å². The number of likely N-dealkylation sites (tertiary alicyclic amines) is 1. The third kappa shape index (κ3) is 5.43. The molecule has 2 heterocycles. The van der Waals surface area contributed by atoms with Crippen LogP contribution in [0.2, 0.25) is 0 Å². The van der Waals surface area contributed by atoms with Crippen LogP contribution in [0.5, 0.6) is 0 Å². The molecule has 0 saturated carbocycles. The number of nitrogens with one attached hydrogen (secondary N) is 2. The largest absolute Gasteiger partial charge is 0.320 e. The fourth-order valence-electron chi connectivity index (χ4n) is 2.75. The summed E-state index contributed by atoms with van der Waals surface area (Å²) in [7, 11) is 1.98. The number of nitrogens with zero attached hydrogens (tertiary/aromatic N) is 3. The Morgan fingerprint density at radius 2 is 2.12 bits per heavy atom. The van der Waals surface area contributed by atoms with Crippen LogP contribution in [0.3, 0.4) is 0 Å². The van der Waals surface area contributed by atoms with Crippen LogP contribution in [0.25, 0.3) is 0 Å². The zero-order chi connectivity index (χ0) is 16.9. The van der Waals surface area contributed by atoms with Crippen molar-refractivity contribution in [3.05, 3.63) is 40.1 Å². The molecule has 3 rings (SSSR count). The Morgan fingerprint density at radius 1 is 1.36 bits per heavy atom. The average molecular weight is 386 g/mol. The molecule has 0 spiro atoms. The number of carbonyl (C=O) groups excluding carboxylic acids is 1. The van der Waals surface area contributed by atoms with Gasteiger partial charge in [0, 0.05) is 18.3 Å². The van der Waals surface area contributed by atoms with Gasteiger partial charge in [0.05, 0.1) is 6.54 Å². The standard InChI is InChI=1S/C16H20FN5OS.ClH/c1-18-13-3-2-8-22(9-13)10-14-20-21-16(24-14)15(23)19-12-6-4-11(17)5-7-12;/h4-7,13,18H,2-3,8-10H2,1H3,(H,19,23);1H. The predicted octanol–water partition coefficient (Wildman–Crippen LogP) is 2.54. The van der Waals surface area contributed by atoms with E-state index in [9.17, 15) is 9.18 Å². The first-order valence-corrected chi connectivity index (χ1v) is 8.74. The Morgan fingerprint density at radius 3 is 2.84 bits per heavy atom. The van der Waals surface area contributed by atoms with Gasteiger partial charge in [-0.1, -0.05) is 11.3 Å². The van der Waals surface area contributed by atoms with Crippen LogP contribution in [0.4, 0.5) is 10.1 Å². The molecular formula is C16H21ClFN5OS. The second-order valence-electron chi connectivity index (χ2n) is 5.82. The minimum Gasteiger partial charge on any atom is -0.320 e. The molecule has 1 saturated heterocycles. The van der Waals surface area contributed by atoms with Gasteiger partial charge in [0.15, 0.2) is 0 Å². The summed E-state index contributed by atoms with van der Waals surface area (Å²) < 4.78 is 12.9. The number of anilines is 1. The first-order chi connectivity index (χ1) is 11.6. The number of hydrogen-bond acceptors (Lipinski definition) is 6. The van der Waals surface area contributed by atoms with E-state index in [0.29, 0.717) is 23.3 Å². The molecule has 1 amide bonds. The molecule has 0 aliphatic carbocycles. The van der Waals surface area contributed by atoms with Crippen molar-refractivity contribution in [1.82, 2.24) is 20.4 Å². The van der Waals surface area contributed by atoms with Gasteiger partial charge < -0.3 is 10.6 Å². The summed E-state index contributed by atoms with van der Waals surface area (Å²) in [4.78, 5) is 14.5. The number of halogens is 2. The van der Waals surface area contributed by atoms with Gasteiger partial charge in [-0.3, -0.25) is 9.69 Å². The third-order valence-electron chi connectivity index (χ3n) is 4.04. The highest BCUT2D eigenvalue weighted by Gasteiger charge is 2.20. The van der Waals surface area contributed by atoms with Gasteiger partial charge >= 0.3 is 0 Å². The lowest BCUT2D eigenvalue weighted by Gasteiger charge is -2.31. The van der Waals surface area contributed by atoms with Crippen molar-refractivity contribution in [2.24, 2.45) is 0 Å². The average Bonchev–Trinajstić information content (AvgIpc) is 3.06. The number of rotatable bonds is 5. The summed E-state index contributed by atoms with van der Waals surface area (Å²) in [5, 5.41) is 15.3. The molecule has 0 radical (unpaired) electrons. The zero-order valence-corrected chi connectivity index (χ0v) is 15.5. The van der Waals surface area contributed by atoms with Gasteiger partial charge in [-0.05, 0) is 50.7 Å². The SMILES string of the molecule is CNC1CCCN(Cc2nnc(C(=O)Nc3ccc(F)cc3)s2)C1.Cl. The van der Waals surface area contributed by atoms with Crippen molar-refractivity contribution in [3.8, 4) is 0 Å². The summed E-state index contributed by atoms with van der Waals surface area (Å²) in [6.45, 7) is 2.72. The minimum absolute atomic E-state index is 0. The van der Waals surface area contributed by atoms with Crippen LogP contribution in [0.15, 0.2) is 24.3 Å². The first-order valence-electron chi connectivity index (χ1n) is 7.93. The maximum atomic E-state index is 12.9. The summed E-state index contributed by atoms with van der Waals surface area (Å²) in [6.07, 6.45) is 2.34. The number of aromatic nitrogens is 2. The molecule has 1 fully saturated rings. The van der Waals surface area contributed by atoms with Crippen molar-refractivity contribution >= 4 is 35.3 Å². The highest BCUT2D eigenvalue weighted by atomic mass is 35.5. The van der Waals surface area contributed by atoms with E-state index < -0.39 is 0 Å². The normalized spacial score (nSPS) is 17.8. The van der Waals surface area contributed by atoms with Gasteiger partial charge in [-0.15, -0.1) is 22.6 Å². The zero-order valence-electron chi connectivity index (χ0n) is 13.9. The van der Waals surface area contributed by atoms with Crippen LogP contribution in [-0.2, 0) is 6.54 Å². The highest BCUT2D eigenvalue weighted by molar-refractivity contribution is 7.13. The topological polar surface area (TPSA) is 70.1 Å². The van der Waals surface area contributed by atoms with E-state index in [0.717, 1.165) is 24.5 Å². The fourth-order valence-corrected chi connectivity index (χ4v) is 3.53. The lowest BCUT2D eigenvalue weighted by molar-refractivity contribution is 0.102. The second-order valence-corrected chi connectivity index (χ2v) is 6.89. The molecule has 0 bridgehead atoms. The first kappa shape index (κ1) is 19.7. The summed E-state index contributed by atoms with van der Waals surface area (Å²) >= 11 is 1.30. The van der Waals surface area contributed by atoms with E-state index in [-0.39, 0.29) is 24.1 Å². The van der Waals surface area contributed by atoms with Crippen molar-refractivity contribution in [1.29, 1.82) is 0 Å². The molecule has 1 aliphatic rings. The number of amides is 1. The van der Waals surface area contributed by atoms with Gasteiger partial charge in [0.2, 0.25) is 5.01 Å². The van der Waals surface area contributed by atoms with E-state index in [1.807, 2.05) is 7.05 Å². The summed E-state index contributed by atoms with van der Waals surface area (Å²) in [5.74, 6) is -0.662. The Bertz CT molecular complexity index is 696. The van der Waals surface area contributed by atoms with Gasteiger partial charge in [-0.25, -0.2) is 4.39 Å². The molecule has 9 heteroatoms. The highest BCUT2D eigenvalue weighted by Crippen LogP contribution is 2.18. The number of benzene rings is 1. The van der Waals surface area contributed by atoms with Crippen LogP contribution in [-0.4, -0.2) is 47.2 Å². The molecule has 1 unspecified atom stereocenters. The van der Waals surface area contributed by atoms with Crippen molar-refractivity contribution in [2.75, 3.05) is 25.5 Å². The summed E-state index contributed by atoms with van der Waals surface area (Å²) in [6, 6.07) is 6.14. The fraction of sp³-hybridized carbons (Fsp3) is 0.438. The molecule has 1 aliphatic heterocycles. The number of piperidine rings is 1. The van der Waals surface area contributed by atoms with Gasteiger partial charge in [0.25, 0.3) is 5.91 Å². The van der Waals surface area contributed by atoms with Gasteiger partial charge in [-0.2, -0.15) is 0 Å². The number of likely N-dealkylation sites (N-methyl/N-ethyl adjacent to an activating group) is 1. The van der Waals surface area contributed by atoms with Crippen LogP contribution >= 0.6 is 23.7 Å². The Hall–Kier alpha value is -1.61. The van der Waals surface area contributed by atoms with Gasteiger partial charge in [0.1, 0.15) is 10.8 Å². The van der Waals surface area contributed by atoms with E-state index in [1.54, 1.807) is 0 Å². The Labute approximate surface area is 156 Å². The molecule has 1 aromatic carbocycles. The number of carbonyl (C=O) groups is 1. The lowest BCUT2D eigenvalue weighted by atomic mass is 10.1. The molecule has 2 N–H and O–H groups in total. The minimum atomic E-state index is -0.340. The Kier molecular flexibility index (Phi) is 7.24. The smallest absolute Gasteiger partial charge is 0.286 e. The quantitative estimate of drug-likeness (QED) is 0.827. The number of hydrogen-bond donors (Lipinski definition) is 2. The molecule has 136 valence electrons. The van der Waals surface area contributed by atoms with E-state index >= 15 is 0 Å². The second kappa shape index (κ2) is 9.19. The lowest BCUT2D eigenvalue weighted by Crippen LogP contribution is -2.43. The van der Waals surface area contributed by atoms with E-state index in [1.165, 1.54) is 42.0 Å². The summed E-state index contributed by atoms with van der Waals surface area (Å²) in [5.41, 5.74) is 0.533. The van der Waals surface area contributed by atoms with Crippen LogP contribution in [0, 0.1) is 5.82 Å². The van der Waals surface area contributed by atoms with Crippen molar-refractivity contribution in [3.63, 3.8) is 0 Å². The maximum Gasteiger partial charge on any atom is 0.286 e. The molecule has 1 aromatic heterocycles. The molecule has 25 heavy (non-hydrogen) atoms. The monoisotopic (exact) mass is 385 g/mol. The van der Waals surface area contributed by atoms with Crippen LogP contribution in [0.1, 0.15) is 27.7 Å².